The summed E-state index contributed by atoms with van der Waals surface area (Å²) in [6.45, 7) is 1.48. The predicted octanol–water partition coefficient (Wildman–Crippen LogP) is 3.43. The highest BCUT2D eigenvalue weighted by atomic mass is 35.5. The van der Waals surface area contributed by atoms with E-state index in [2.05, 4.69) is 5.32 Å². The fraction of sp³-hybridized carbons (Fsp3) is 0.278. The molecule has 2 aromatic rings. The number of halogens is 2. The summed E-state index contributed by atoms with van der Waals surface area (Å²) in [5, 5.41) is 3.49. The first kappa shape index (κ1) is 21.1. The van der Waals surface area contributed by atoms with Crippen molar-refractivity contribution in [2.45, 2.75) is 13.0 Å². The van der Waals surface area contributed by atoms with E-state index in [9.17, 15) is 4.79 Å². The van der Waals surface area contributed by atoms with Gasteiger partial charge in [-0.15, -0.1) is 12.4 Å². The molecule has 7 heteroatoms. The quantitative estimate of drug-likeness (QED) is 0.683. The largest absolute Gasteiger partial charge is 0.493 e. The van der Waals surface area contributed by atoms with Gasteiger partial charge in [-0.1, -0.05) is 23.7 Å². The second kappa shape index (κ2) is 10.8. The van der Waals surface area contributed by atoms with Gasteiger partial charge in [-0.3, -0.25) is 4.79 Å². The number of rotatable bonds is 8. The highest BCUT2D eigenvalue weighted by Gasteiger charge is 2.11. The Balaban J connectivity index is 0.00000312. The highest BCUT2D eigenvalue weighted by molar-refractivity contribution is 6.30. The van der Waals surface area contributed by atoms with Gasteiger partial charge >= 0.3 is 0 Å². The second-order valence-electron chi connectivity index (χ2n) is 5.18. The number of carbonyl (C=O) groups excluding carboxylic acids is 1. The molecule has 0 aliphatic rings. The van der Waals surface area contributed by atoms with Gasteiger partial charge in [0.05, 0.1) is 7.11 Å². The maximum absolute atomic E-state index is 12.0. The lowest BCUT2D eigenvalue weighted by Crippen LogP contribution is -2.25. The number of nitrogens with two attached hydrogens (primary N) is 1. The van der Waals surface area contributed by atoms with Gasteiger partial charge in [-0.25, -0.2) is 0 Å². The molecule has 2 aromatic carbocycles. The molecule has 0 spiro atoms. The van der Waals surface area contributed by atoms with Crippen molar-refractivity contribution in [3.63, 3.8) is 0 Å². The molecule has 0 atom stereocenters. The summed E-state index contributed by atoms with van der Waals surface area (Å²) < 4.78 is 11.1. The number of amides is 1. The number of hydrogen-bond acceptors (Lipinski definition) is 4. The summed E-state index contributed by atoms with van der Waals surface area (Å²) in [5.74, 6) is 0.924. The van der Waals surface area contributed by atoms with Gasteiger partial charge < -0.3 is 20.5 Å². The Hall–Kier alpha value is -1.95. The molecule has 0 heterocycles. The Morgan fingerprint density at radius 1 is 1.16 bits per heavy atom. The Bertz CT molecular complexity index is 679. The predicted molar refractivity (Wildman–Crippen MR) is 102 cm³/mol. The van der Waals surface area contributed by atoms with Crippen LogP contribution in [0.3, 0.4) is 0 Å². The van der Waals surface area contributed by atoms with E-state index in [0.717, 1.165) is 12.0 Å². The van der Waals surface area contributed by atoms with Crippen LogP contribution < -0.4 is 20.5 Å². The van der Waals surface area contributed by atoms with Gasteiger partial charge in [0.25, 0.3) is 5.91 Å². The van der Waals surface area contributed by atoms with Gasteiger partial charge in [-0.05, 0) is 48.9 Å². The van der Waals surface area contributed by atoms with E-state index < -0.39 is 0 Å². The minimum atomic E-state index is -0.161. The van der Waals surface area contributed by atoms with E-state index >= 15 is 0 Å². The van der Waals surface area contributed by atoms with Gasteiger partial charge in [0.2, 0.25) is 0 Å². The second-order valence-corrected chi connectivity index (χ2v) is 5.62. The summed E-state index contributed by atoms with van der Waals surface area (Å²) in [4.78, 5) is 12.0. The van der Waals surface area contributed by atoms with Crippen LogP contribution in [0.4, 0.5) is 0 Å². The zero-order valence-electron chi connectivity index (χ0n) is 14.0. The molecule has 2 rings (SSSR count). The van der Waals surface area contributed by atoms with Crippen LogP contribution in [-0.4, -0.2) is 26.1 Å². The lowest BCUT2D eigenvalue weighted by Gasteiger charge is -2.12. The van der Waals surface area contributed by atoms with E-state index in [1.165, 1.54) is 0 Å². The van der Waals surface area contributed by atoms with Crippen LogP contribution in [0.1, 0.15) is 22.3 Å². The van der Waals surface area contributed by atoms with E-state index in [4.69, 9.17) is 26.8 Å². The van der Waals surface area contributed by atoms with Crippen molar-refractivity contribution < 1.29 is 14.3 Å². The molecule has 0 fully saturated rings. The van der Waals surface area contributed by atoms with Crippen molar-refractivity contribution in [3.8, 4) is 11.5 Å². The zero-order chi connectivity index (χ0) is 17.4. The Labute approximate surface area is 158 Å². The van der Waals surface area contributed by atoms with Gasteiger partial charge in [-0.2, -0.15) is 0 Å². The number of nitrogens with one attached hydrogen (secondary N) is 1. The van der Waals surface area contributed by atoms with Gasteiger partial charge in [0.1, 0.15) is 6.61 Å². The van der Waals surface area contributed by atoms with Crippen molar-refractivity contribution in [2.24, 2.45) is 5.73 Å². The number of hydrogen-bond donors (Lipinski definition) is 2. The molecule has 25 heavy (non-hydrogen) atoms. The fourth-order valence-electron chi connectivity index (χ4n) is 2.08. The number of carbonyl (C=O) groups is 1. The van der Waals surface area contributed by atoms with E-state index in [1.54, 1.807) is 25.3 Å². The van der Waals surface area contributed by atoms with Crippen LogP contribution in [0.25, 0.3) is 0 Å². The lowest BCUT2D eigenvalue weighted by atomic mass is 10.2. The van der Waals surface area contributed by atoms with Crippen LogP contribution >= 0.6 is 24.0 Å². The first-order valence-electron chi connectivity index (χ1n) is 7.67. The number of ether oxygens (including phenoxy) is 2. The summed E-state index contributed by atoms with van der Waals surface area (Å²) in [6, 6.07) is 12.5. The number of benzene rings is 2. The molecule has 0 radical (unpaired) electrons. The molecule has 0 bridgehead atoms. The molecule has 0 saturated heterocycles. The molecule has 0 aliphatic carbocycles. The molecule has 5 nitrogen and oxygen atoms in total. The highest BCUT2D eigenvalue weighted by Crippen LogP contribution is 2.29. The normalized spacial score (nSPS) is 9.88. The maximum atomic E-state index is 12.0. The average Bonchev–Trinajstić information content (AvgIpc) is 2.61. The zero-order valence-corrected chi connectivity index (χ0v) is 15.5. The van der Waals surface area contributed by atoms with E-state index in [0.29, 0.717) is 41.8 Å². The third-order valence-electron chi connectivity index (χ3n) is 3.40. The van der Waals surface area contributed by atoms with Gasteiger partial charge in [0, 0.05) is 17.1 Å². The minimum Gasteiger partial charge on any atom is -0.493 e. The van der Waals surface area contributed by atoms with Crippen molar-refractivity contribution in [2.75, 3.05) is 20.2 Å². The van der Waals surface area contributed by atoms with Crippen LogP contribution in [0.15, 0.2) is 42.5 Å². The fourth-order valence-corrected chi connectivity index (χ4v) is 2.20. The monoisotopic (exact) mass is 384 g/mol. The smallest absolute Gasteiger partial charge is 0.251 e. The SMILES string of the molecule is COc1cc(C(=O)NCCCN)ccc1OCc1ccc(Cl)cc1.Cl. The van der Waals surface area contributed by atoms with Crippen LogP contribution in [0, 0.1) is 0 Å². The molecule has 0 unspecified atom stereocenters. The summed E-state index contributed by atoms with van der Waals surface area (Å²) in [6.07, 6.45) is 0.741. The van der Waals surface area contributed by atoms with Crippen molar-refractivity contribution in [1.82, 2.24) is 5.32 Å². The molecule has 3 N–H and O–H groups in total. The molecule has 1 amide bonds. The Kier molecular flexibility index (Phi) is 9.13. The Morgan fingerprint density at radius 2 is 1.88 bits per heavy atom. The van der Waals surface area contributed by atoms with E-state index in [1.807, 2.05) is 24.3 Å². The van der Waals surface area contributed by atoms with Crippen molar-refractivity contribution >= 4 is 29.9 Å². The minimum absolute atomic E-state index is 0. The first-order chi connectivity index (χ1) is 11.6. The topological polar surface area (TPSA) is 73.6 Å². The molecule has 0 saturated carbocycles. The standard InChI is InChI=1S/C18H21ClN2O3.ClH/c1-23-17-11-14(18(22)21-10-2-9-20)5-8-16(17)24-12-13-3-6-15(19)7-4-13;/h3-8,11H,2,9-10,12,20H2,1H3,(H,21,22);1H. The van der Waals surface area contributed by atoms with E-state index in [-0.39, 0.29) is 18.3 Å². The summed E-state index contributed by atoms with van der Waals surface area (Å²) >= 11 is 5.86. The number of methoxy groups -OCH3 is 1. The first-order valence-corrected chi connectivity index (χ1v) is 8.05. The Morgan fingerprint density at radius 3 is 2.52 bits per heavy atom. The van der Waals surface area contributed by atoms with Crippen LogP contribution in [0.5, 0.6) is 11.5 Å². The maximum Gasteiger partial charge on any atom is 0.251 e. The molecule has 0 aliphatic heterocycles. The average molecular weight is 385 g/mol. The van der Waals surface area contributed by atoms with Crippen LogP contribution in [0.2, 0.25) is 5.02 Å². The third kappa shape index (κ3) is 6.46. The van der Waals surface area contributed by atoms with Crippen molar-refractivity contribution in [1.29, 1.82) is 0 Å². The summed E-state index contributed by atoms with van der Waals surface area (Å²) in [5.41, 5.74) is 6.92. The molecule has 136 valence electrons. The van der Waals surface area contributed by atoms with Gasteiger partial charge in [0.15, 0.2) is 11.5 Å². The lowest BCUT2D eigenvalue weighted by molar-refractivity contribution is 0.0953. The van der Waals surface area contributed by atoms with Crippen LogP contribution in [-0.2, 0) is 6.61 Å². The summed E-state index contributed by atoms with van der Waals surface area (Å²) in [7, 11) is 1.54. The molecular weight excluding hydrogens is 363 g/mol. The molecular formula is C18H22Cl2N2O3. The van der Waals surface area contributed by atoms with Crippen molar-refractivity contribution in [3.05, 3.63) is 58.6 Å². The third-order valence-corrected chi connectivity index (χ3v) is 3.65. The molecule has 0 aromatic heterocycles.